The van der Waals surface area contributed by atoms with Crippen LogP contribution < -0.4 is 10.1 Å². The van der Waals surface area contributed by atoms with Gasteiger partial charge in [-0.1, -0.05) is 42.5 Å². The van der Waals surface area contributed by atoms with Crippen LogP contribution in [0.25, 0.3) is 10.8 Å². The van der Waals surface area contributed by atoms with Gasteiger partial charge in [-0.2, -0.15) is 0 Å². The van der Waals surface area contributed by atoms with Gasteiger partial charge >= 0.3 is 0 Å². The number of carbonyl (C=O) groups is 1. The summed E-state index contributed by atoms with van der Waals surface area (Å²) in [6, 6.07) is 22.6. The third-order valence-corrected chi connectivity index (χ3v) is 5.28. The number of hydrogen-bond donors (Lipinski definition) is 2. The Morgan fingerprint density at radius 2 is 1.75 bits per heavy atom. The van der Waals surface area contributed by atoms with Crippen LogP contribution in [0.15, 0.2) is 84.9 Å². The van der Waals surface area contributed by atoms with Crippen molar-refractivity contribution in [2.75, 3.05) is 7.11 Å². The summed E-state index contributed by atoms with van der Waals surface area (Å²) in [5.41, 5.74) is 1.23. The smallest absolute Gasteiger partial charge is 0.269 e. The quantitative estimate of drug-likeness (QED) is 0.333. The van der Waals surface area contributed by atoms with E-state index >= 15 is 0 Å². The molecule has 0 aliphatic heterocycles. The van der Waals surface area contributed by atoms with Gasteiger partial charge in [-0.25, -0.2) is 0 Å². The minimum absolute atomic E-state index is 0.0183. The summed E-state index contributed by atoms with van der Waals surface area (Å²) in [6.45, 7) is 0. The Morgan fingerprint density at radius 1 is 1.00 bits per heavy atom. The van der Waals surface area contributed by atoms with E-state index in [1.54, 1.807) is 48.5 Å². The van der Waals surface area contributed by atoms with Crippen molar-refractivity contribution >= 4 is 22.4 Å². The summed E-state index contributed by atoms with van der Waals surface area (Å²) in [7, 11) is 1.54. The van der Waals surface area contributed by atoms with E-state index in [0.29, 0.717) is 22.4 Å². The molecule has 0 bridgehead atoms. The lowest BCUT2D eigenvalue weighted by molar-refractivity contribution is -0.384. The van der Waals surface area contributed by atoms with Crippen molar-refractivity contribution in [1.82, 2.24) is 5.32 Å². The number of ether oxygens (including phenoxy) is 1. The number of nitro benzene ring substituents is 1. The number of fused-ring (bicyclic) bond motifs is 1. The highest BCUT2D eigenvalue weighted by atomic mass is 16.6. The van der Waals surface area contributed by atoms with Gasteiger partial charge in [0.15, 0.2) is 0 Å². The van der Waals surface area contributed by atoms with Crippen molar-refractivity contribution in [1.29, 1.82) is 0 Å². The zero-order chi connectivity index (χ0) is 22.7. The molecule has 4 aromatic carbocycles. The average Bonchev–Trinajstić information content (AvgIpc) is 2.83. The highest BCUT2D eigenvalue weighted by Crippen LogP contribution is 2.37. The monoisotopic (exact) mass is 428 g/mol. The predicted molar refractivity (Wildman–Crippen MR) is 121 cm³/mol. The Labute approximate surface area is 184 Å². The molecule has 0 aromatic heterocycles. The number of rotatable bonds is 6. The molecule has 0 aliphatic rings. The van der Waals surface area contributed by atoms with Crippen LogP contribution in [0.4, 0.5) is 5.69 Å². The fraction of sp³-hybridized carbons (Fsp3) is 0.0800. The summed E-state index contributed by atoms with van der Waals surface area (Å²) in [5.74, 6) is 0.204. The lowest BCUT2D eigenvalue weighted by Crippen LogP contribution is -2.29. The fourth-order valence-electron chi connectivity index (χ4n) is 3.68. The summed E-state index contributed by atoms with van der Waals surface area (Å²) >= 11 is 0. The zero-order valence-corrected chi connectivity index (χ0v) is 17.2. The molecule has 1 amide bonds. The number of hydrogen-bond acceptors (Lipinski definition) is 5. The van der Waals surface area contributed by atoms with Crippen LogP contribution in [0.2, 0.25) is 0 Å². The Balaban J connectivity index is 1.84. The zero-order valence-electron chi connectivity index (χ0n) is 17.2. The highest BCUT2D eigenvalue weighted by molar-refractivity contribution is 5.96. The molecule has 0 saturated heterocycles. The van der Waals surface area contributed by atoms with Gasteiger partial charge < -0.3 is 15.2 Å². The number of amides is 1. The van der Waals surface area contributed by atoms with Gasteiger partial charge in [0, 0.05) is 23.3 Å². The van der Waals surface area contributed by atoms with Gasteiger partial charge in [0.2, 0.25) is 0 Å². The number of phenols is 1. The van der Waals surface area contributed by atoms with Gasteiger partial charge in [-0.15, -0.1) is 0 Å². The SMILES string of the molecule is COc1ccc(C(=O)N[C@@H](c2cccc([N+](=O)[O-])c2)c2c(O)ccc3ccccc23)cc1. The second-order valence-corrected chi connectivity index (χ2v) is 7.21. The van der Waals surface area contributed by atoms with Crippen LogP contribution in [0.3, 0.4) is 0 Å². The van der Waals surface area contributed by atoms with E-state index in [4.69, 9.17) is 4.74 Å². The molecule has 1 atom stereocenters. The fourth-order valence-corrected chi connectivity index (χ4v) is 3.68. The molecule has 0 spiro atoms. The van der Waals surface area contributed by atoms with Crippen LogP contribution in [0.5, 0.6) is 11.5 Å². The molecule has 0 heterocycles. The molecule has 0 saturated carbocycles. The van der Waals surface area contributed by atoms with Crippen molar-refractivity contribution in [2.24, 2.45) is 0 Å². The molecular formula is C25H20N2O5. The third-order valence-electron chi connectivity index (χ3n) is 5.28. The lowest BCUT2D eigenvalue weighted by Gasteiger charge is -2.22. The summed E-state index contributed by atoms with van der Waals surface area (Å²) < 4.78 is 5.14. The van der Waals surface area contributed by atoms with Gasteiger partial charge in [0.25, 0.3) is 11.6 Å². The van der Waals surface area contributed by atoms with Crippen LogP contribution >= 0.6 is 0 Å². The highest BCUT2D eigenvalue weighted by Gasteiger charge is 2.24. The topological polar surface area (TPSA) is 102 Å². The van der Waals surface area contributed by atoms with Gasteiger partial charge in [-0.05, 0) is 46.7 Å². The van der Waals surface area contributed by atoms with Gasteiger partial charge in [-0.3, -0.25) is 14.9 Å². The van der Waals surface area contributed by atoms with E-state index in [9.17, 15) is 20.0 Å². The van der Waals surface area contributed by atoms with E-state index in [1.807, 2.05) is 24.3 Å². The number of nitrogens with zero attached hydrogens (tertiary/aromatic N) is 1. The molecule has 2 N–H and O–H groups in total. The van der Waals surface area contributed by atoms with Crippen LogP contribution in [0.1, 0.15) is 27.5 Å². The first-order chi connectivity index (χ1) is 15.5. The summed E-state index contributed by atoms with van der Waals surface area (Å²) in [6.07, 6.45) is 0. The molecule has 0 fully saturated rings. The molecule has 7 nitrogen and oxygen atoms in total. The number of non-ortho nitro benzene ring substituents is 1. The number of carbonyl (C=O) groups excluding carboxylic acids is 1. The Morgan fingerprint density at radius 3 is 2.47 bits per heavy atom. The average molecular weight is 428 g/mol. The number of nitrogens with one attached hydrogen (secondary N) is 1. The van der Waals surface area contributed by atoms with E-state index in [0.717, 1.165) is 10.8 Å². The number of nitro groups is 1. The Kier molecular flexibility index (Phi) is 5.72. The molecule has 32 heavy (non-hydrogen) atoms. The summed E-state index contributed by atoms with van der Waals surface area (Å²) in [4.78, 5) is 24.0. The Hall–Kier alpha value is -4.39. The van der Waals surface area contributed by atoms with Crippen molar-refractivity contribution in [3.05, 3.63) is 112 Å². The number of benzene rings is 4. The number of phenolic OH excluding ortho intramolecular Hbond substituents is 1. The van der Waals surface area contributed by atoms with Crippen LogP contribution in [-0.4, -0.2) is 23.0 Å². The second kappa shape index (κ2) is 8.77. The molecule has 7 heteroatoms. The van der Waals surface area contributed by atoms with Crippen molar-refractivity contribution < 1.29 is 19.6 Å². The first kappa shape index (κ1) is 20.9. The van der Waals surface area contributed by atoms with E-state index in [2.05, 4.69) is 5.32 Å². The number of methoxy groups -OCH3 is 1. The molecule has 4 aromatic rings. The van der Waals surface area contributed by atoms with E-state index in [-0.39, 0.29) is 11.4 Å². The van der Waals surface area contributed by atoms with Crippen molar-refractivity contribution in [3.8, 4) is 11.5 Å². The first-order valence-corrected chi connectivity index (χ1v) is 9.88. The first-order valence-electron chi connectivity index (χ1n) is 9.88. The second-order valence-electron chi connectivity index (χ2n) is 7.21. The normalized spacial score (nSPS) is 11.7. The molecule has 4 rings (SSSR count). The van der Waals surface area contributed by atoms with E-state index in [1.165, 1.54) is 19.2 Å². The minimum atomic E-state index is -0.824. The molecular weight excluding hydrogens is 408 g/mol. The maximum absolute atomic E-state index is 13.1. The maximum Gasteiger partial charge on any atom is 0.269 e. The van der Waals surface area contributed by atoms with E-state index < -0.39 is 16.9 Å². The number of aromatic hydroxyl groups is 1. The van der Waals surface area contributed by atoms with Gasteiger partial charge in [0.1, 0.15) is 11.5 Å². The molecule has 0 unspecified atom stereocenters. The van der Waals surface area contributed by atoms with Crippen LogP contribution in [-0.2, 0) is 0 Å². The lowest BCUT2D eigenvalue weighted by atomic mass is 9.92. The molecule has 0 aliphatic carbocycles. The summed E-state index contributed by atoms with van der Waals surface area (Å²) in [5, 5.41) is 26.7. The maximum atomic E-state index is 13.1. The molecule has 0 radical (unpaired) electrons. The van der Waals surface area contributed by atoms with Crippen molar-refractivity contribution in [2.45, 2.75) is 6.04 Å². The molecule has 160 valence electrons. The van der Waals surface area contributed by atoms with Gasteiger partial charge in [0.05, 0.1) is 18.1 Å². The largest absolute Gasteiger partial charge is 0.508 e. The van der Waals surface area contributed by atoms with Crippen molar-refractivity contribution in [3.63, 3.8) is 0 Å². The predicted octanol–water partition coefficient (Wildman–Crippen LogP) is 4.98. The standard InChI is InChI=1S/C25H20N2O5/c1-32-20-12-9-17(10-13-20)25(29)26-24(18-6-4-7-19(15-18)27(30)31)23-21-8-3-2-5-16(21)11-14-22(23)28/h2-15,24,28H,1H3,(H,26,29)/t24-/m0/s1. The third kappa shape index (κ3) is 4.09. The minimum Gasteiger partial charge on any atom is -0.508 e. The van der Waals surface area contributed by atoms with Crippen LogP contribution in [0, 0.1) is 10.1 Å². The Bertz CT molecular complexity index is 1300.